The molecule has 1 N–H and O–H groups in total. The zero-order valence-electron chi connectivity index (χ0n) is 12.9. The van der Waals surface area contributed by atoms with Crippen LogP contribution < -0.4 is 10.9 Å². The van der Waals surface area contributed by atoms with E-state index < -0.39 is 11.5 Å². The summed E-state index contributed by atoms with van der Waals surface area (Å²) in [4.78, 5) is 25.2. The summed E-state index contributed by atoms with van der Waals surface area (Å²) in [5, 5.41) is 9.22. The summed E-state index contributed by atoms with van der Waals surface area (Å²) in [5.41, 5.74) is 0.305. The van der Waals surface area contributed by atoms with Crippen LogP contribution in [0, 0.1) is 0 Å². The number of para-hydroxylation sites is 1. The number of hydrogen-bond donors (Lipinski definition) is 1. The lowest BCUT2D eigenvalue weighted by atomic mass is 10.2. The van der Waals surface area contributed by atoms with Crippen molar-refractivity contribution in [1.29, 1.82) is 0 Å². The third-order valence-electron chi connectivity index (χ3n) is 3.64. The van der Waals surface area contributed by atoms with Crippen molar-refractivity contribution < 1.29 is 13.7 Å². The minimum atomic E-state index is -0.671. The summed E-state index contributed by atoms with van der Waals surface area (Å²) in [6, 6.07) is 14.2. The molecule has 4 aromatic rings. The topological polar surface area (TPSA) is 85.3 Å². The molecule has 7 heteroatoms. The van der Waals surface area contributed by atoms with E-state index in [4.69, 9.17) is 8.94 Å². The zero-order valence-corrected chi connectivity index (χ0v) is 13.7. The van der Waals surface area contributed by atoms with Crippen LogP contribution in [0.15, 0.2) is 67.6 Å². The number of nitrogens with one attached hydrogen (secondary N) is 1. The maximum atomic E-state index is 12.3. The van der Waals surface area contributed by atoms with Crippen molar-refractivity contribution in [2.24, 2.45) is 0 Å². The number of thiophene rings is 1. The van der Waals surface area contributed by atoms with E-state index in [9.17, 15) is 9.59 Å². The van der Waals surface area contributed by atoms with Gasteiger partial charge in [-0.25, -0.2) is 4.79 Å². The number of hydrogen-bond acceptors (Lipinski definition) is 6. The first-order valence-corrected chi connectivity index (χ1v) is 8.39. The van der Waals surface area contributed by atoms with Crippen LogP contribution in [0.4, 0.5) is 0 Å². The van der Waals surface area contributed by atoms with Gasteiger partial charge in [0.05, 0.1) is 11.4 Å². The molecule has 1 amide bonds. The van der Waals surface area contributed by atoms with Gasteiger partial charge in [0.25, 0.3) is 5.91 Å². The molecule has 0 aliphatic heterocycles. The fourth-order valence-electron chi connectivity index (χ4n) is 2.42. The SMILES string of the molecule is O=C(NCc1cc(-c2cccs2)on1)c1cc2ccccc2oc1=O. The van der Waals surface area contributed by atoms with Crippen LogP contribution in [0.1, 0.15) is 16.1 Å². The minimum absolute atomic E-state index is 0.0410. The summed E-state index contributed by atoms with van der Waals surface area (Å²) in [6.45, 7) is 0.153. The van der Waals surface area contributed by atoms with Gasteiger partial charge in [0.15, 0.2) is 5.76 Å². The fourth-order valence-corrected chi connectivity index (χ4v) is 3.09. The van der Waals surface area contributed by atoms with Gasteiger partial charge in [-0.1, -0.05) is 29.4 Å². The summed E-state index contributed by atoms with van der Waals surface area (Å²) in [5.74, 6) is 0.129. The van der Waals surface area contributed by atoms with Gasteiger partial charge < -0.3 is 14.3 Å². The van der Waals surface area contributed by atoms with Crippen molar-refractivity contribution in [3.8, 4) is 10.6 Å². The number of amides is 1. The smallest absolute Gasteiger partial charge is 0.349 e. The molecule has 0 atom stereocenters. The largest absolute Gasteiger partial charge is 0.422 e. The van der Waals surface area contributed by atoms with E-state index in [1.54, 1.807) is 24.3 Å². The van der Waals surface area contributed by atoms with Gasteiger partial charge in [-0.2, -0.15) is 0 Å². The summed E-state index contributed by atoms with van der Waals surface area (Å²) >= 11 is 1.54. The molecule has 3 heterocycles. The first-order valence-electron chi connectivity index (χ1n) is 7.51. The number of aromatic nitrogens is 1. The van der Waals surface area contributed by atoms with E-state index in [-0.39, 0.29) is 12.1 Å². The number of carbonyl (C=O) groups excluding carboxylic acids is 1. The fraction of sp³-hybridized carbons (Fsp3) is 0.0556. The second-order valence-corrected chi connectivity index (χ2v) is 6.28. The standard InChI is InChI=1S/C18H12N2O4S/c21-17(13-8-11-4-1-2-5-14(11)23-18(13)22)19-10-12-9-15(24-20-12)16-6-3-7-25-16/h1-9H,10H2,(H,19,21). The zero-order chi connectivity index (χ0) is 17.2. The normalized spacial score (nSPS) is 10.9. The van der Waals surface area contributed by atoms with Gasteiger partial charge >= 0.3 is 5.63 Å². The first-order chi connectivity index (χ1) is 12.2. The van der Waals surface area contributed by atoms with Crippen molar-refractivity contribution in [3.05, 3.63) is 75.6 Å². The molecule has 3 aromatic heterocycles. The molecule has 0 saturated heterocycles. The average Bonchev–Trinajstić information content (AvgIpc) is 3.30. The Morgan fingerprint density at radius 3 is 2.88 bits per heavy atom. The van der Waals surface area contributed by atoms with Crippen LogP contribution in [-0.4, -0.2) is 11.1 Å². The number of carbonyl (C=O) groups is 1. The van der Waals surface area contributed by atoms with Crippen molar-refractivity contribution in [3.63, 3.8) is 0 Å². The molecule has 0 saturated carbocycles. The lowest BCUT2D eigenvalue weighted by molar-refractivity contribution is 0.0946. The quantitative estimate of drug-likeness (QED) is 0.569. The number of fused-ring (bicyclic) bond motifs is 1. The van der Waals surface area contributed by atoms with Gasteiger partial charge in [-0.15, -0.1) is 11.3 Å². The Morgan fingerprint density at radius 1 is 1.16 bits per heavy atom. The molecule has 0 unspecified atom stereocenters. The van der Waals surface area contributed by atoms with Crippen molar-refractivity contribution in [1.82, 2.24) is 10.5 Å². The van der Waals surface area contributed by atoms with E-state index in [1.165, 1.54) is 17.4 Å². The summed E-state index contributed by atoms with van der Waals surface area (Å²) < 4.78 is 10.4. The highest BCUT2D eigenvalue weighted by Gasteiger charge is 2.14. The monoisotopic (exact) mass is 352 g/mol. The van der Waals surface area contributed by atoms with Gasteiger partial charge in [0.2, 0.25) is 0 Å². The Morgan fingerprint density at radius 2 is 2.04 bits per heavy atom. The molecule has 124 valence electrons. The van der Waals surface area contributed by atoms with E-state index in [2.05, 4.69) is 10.5 Å². The Labute approximate surface area is 145 Å². The number of nitrogens with zero attached hydrogens (tertiary/aromatic N) is 1. The van der Waals surface area contributed by atoms with Gasteiger partial charge in [-0.05, 0) is 23.6 Å². The molecule has 6 nitrogen and oxygen atoms in total. The summed E-state index contributed by atoms with van der Waals surface area (Å²) in [6.07, 6.45) is 0. The Bertz CT molecular complexity index is 1100. The molecule has 0 spiro atoms. The molecule has 0 radical (unpaired) electrons. The molecule has 0 bridgehead atoms. The average molecular weight is 352 g/mol. The highest BCUT2D eigenvalue weighted by atomic mass is 32.1. The van der Waals surface area contributed by atoms with Crippen LogP contribution in [-0.2, 0) is 6.54 Å². The van der Waals surface area contributed by atoms with E-state index in [1.807, 2.05) is 23.6 Å². The molecule has 0 aliphatic carbocycles. The van der Waals surface area contributed by atoms with Crippen molar-refractivity contribution in [2.75, 3.05) is 0 Å². The van der Waals surface area contributed by atoms with Crippen LogP contribution >= 0.6 is 11.3 Å². The van der Waals surface area contributed by atoms with Gasteiger partial charge in [0.1, 0.15) is 16.8 Å². The third-order valence-corrected chi connectivity index (χ3v) is 4.52. The van der Waals surface area contributed by atoms with E-state index in [0.29, 0.717) is 22.4 Å². The Kier molecular flexibility index (Phi) is 3.91. The minimum Gasteiger partial charge on any atom is -0.422 e. The maximum Gasteiger partial charge on any atom is 0.349 e. The Hall–Kier alpha value is -3.19. The molecule has 1 aromatic carbocycles. The second-order valence-electron chi connectivity index (χ2n) is 5.33. The van der Waals surface area contributed by atoms with Gasteiger partial charge in [0, 0.05) is 11.5 Å². The molecule has 0 aliphatic rings. The van der Waals surface area contributed by atoms with E-state index >= 15 is 0 Å². The lowest BCUT2D eigenvalue weighted by Gasteiger charge is -2.03. The van der Waals surface area contributed by atoms with Crippen molar-refractivity contribution in [2.45, 2.75) is 6.54 Å². The molecule has 4 rings (SSSR count). The number of benzene rings is 1. The first kappa shape index (κ1) is 15.3. The lowest BCUT2D eigenvalue weighted by Crippen LogP contribution is -2.27. The van der Waals surface area contributed by atoms with Gasteiger partial charge in [-0.3, -0.25) is 4.79 Å². The van der Waals surface area contributed by atoms with Crippen LogP contribution in [0.3, 0.4) is 0 Å². The highest BCUT2D eigenvalue weighted by molar-refractivity contribution is 7.13. The molecular formula is C18H12N2O4S. The predicted octanol–water partition coefficient (Wildman–Crippen LogP) is 3.44. The predicted molar refractivity (Wildman–Crippen MR) is 93.5 cm³/mol. The second kappa shape index (κ2) is 6.37. The van der Waals surface area contributed by atoms with Crippen LogP contribution in [0.25, 0.3) is 21.6 Å². The highest BCUT2D eigenvalue weighted by Crippen LogP contribution is 2.25. The molecule has 25 heavy (non-hydrogen) atoms. The maximum absolute atomic E-state index is 12.3. The van der Waals surface area contributed by atoms with Crippen LogP contribution in [0.5, 0.6) is 0 Å². The van der Waals surface area contributed by atoms with Crippen LogP contribution in [0.2, 0.25) is 0 Å². The number of rotatable bonds is 4. The third kappa shape index (κ3) is 3.09. The molecule has 0 fully saturated rings. The molecular weight excluding hydrogens is 340 g/mol. The Balaban J connectivity index is 1.51. The van der Waals surface area contributed by atoms with E-state index in [0.717, 1.165) is 4.88 Å². The van der Waals surface area contributed by atoms with Crippen molar-refractivity contribution >= 4 is 28.2 Å². The summed E-state index contributed by atoms with van der Waals surface area (Å²) in [7, 11) is 0.